The maximum Gasteiger partial charge on any atom is 0.323 e. The van der Waals surface area contributed by atoms with Crippen molar-refractivity contribution in [3.8, 4) is 0 Å². The summed E-state index contributed by atoms with van der Waals surface area (Å²) in [7, 11) is 0. The third-order valence-electron chi connectivity index (χ3n) is 9.59. The van der Waals surface area contributed by atoms with Crippen LogP contribution in [0.1, 0.15) is 89.7 Å². The fourth-order valence-electron chi connectivity index (χ4n) is 6.08. The molecule has 2 aromatic rings. The number of carbonyl (C=O) groups is 7. The Labute approximate surface area is 310 Å². The Hall–Kier alpha value is -5.47. The molecule has 1 heterocycles. The molecule has 6 atom stereocenters. The summed E-state index contributed by atoms with van der Waals surface area (Å²) in [6.45, 7) is 9.30. The van der Waals surface area contributed by atoms with Crippen LogP contribution in [0.25, 0.3) is 0 Å². The SMILES string of the molecule is CCCC[C@H](NC(=O)C(C)c1ccc(NC(=O)Nc2ccccc2C)cc1)C(=O)N[C@@H](CC(=O)O)C(=O)N[C@H](C(=O)N1CCC[C@H]1C(N)=O)C(C)CC. The number of carbonyl (C=O) groups excluding carboxylic acids is 6. The van der Waals surface area contributed by atoms with Crippen LogP contribution in [0.5, 0.6) is 0 Å². The monoisotopic (exact) mass is 735 g/mol. The minimum Gasteiger partial charge on any atom is -0.481 e. The van der Waals surface area contributed by atoms with Crippen molar-refractivity contribution in [2.24, 2.45) is 11.7 Å². The van der Waals surface area contributed by atoms with E-state index in [1.165, 1.54) is 4.90 Å². The van der Waals surface area contributed by atoms with Gasteiger partial charge in [-0.25, -0.2) is 4.79 Å². The molecule has 7 amide bonds. The minimum absolute atomic E-state index is 0.221. The second-order valence-electron chi connectivity index (χ2n) is 13.6. The molecule has 0 aliphatic carbocycles. The fourth-order valence-corrected chi connectivity index (χ4v) is 6.08. The first-order valence-corrected chi connectivity index (χ1v) is 18.1. The van der Waals surface area contributed by atoms with E-state index in [4.69, 9.17) is 5.73 Å². The number of hydrogen-bond acceptors (Lipinski definition) is 7. The molecule has 1 aliphatic rings. The lowest BCUT2D eigenvalue weighted by Crippen LogP contribution is -2.59. The Bertz CT molecular complexity index is 1630. The summed E-state index contributed by atoms with van der Waals surface area (Å²) < 4.78 is 0. The quantitative estimate of drug-likeness (QED) is 0.120. The van der Waals surface area contributed by atoms with E-state index >= 15 is 0 Å². The lowest BCUT2D eigenvalue weighted by atomic mass is 9.96. The van der Waals surface area contributed by atoms with E-state index in [9.17, 15) is 38.7 Å². The highest BCUT2D eigenvalue weighted by molar-refractivity contribution is 6.00. The number of anilines is 2. The van der Waals surface area contributed by atoms with Crippen LogP contribution in [-0.4, -0.2) is 82.3 Å². The average molecular weight is 736 g/mol. The standard InChI is InChI=1S/C38H53N7O8/c1-6-8-13-28(41-34(49)24(5)25-16-18-26(19-17-25)40-38(53)43-27-14-10-9-12-23(27)4)35(50)42-29(21-31(46)47)36(51)44-32(22(3)7-2)37(52)45-20-11-15-30(45)33(39)48/h9-10,12,14,16-19,22,24,28-30,32H,6-8,11,13,15,20-21H2,1-5H3,(H2,39,48)(H,41,49)(H,42,50)(H,44,51)(H,46,47)(H2,40,43,53)/t22?,24?,28-,29-,30-,32-/m0/s1. The predicted octanol–water partition coefficient (Wildman–Crippen LogP) is 3.38. The van der Waals surface area contributed by atoms with Gasteiger partial charge in [0.25, 0.3) is 0 Å². The largest absolute Gasteiger partial charge is 0.481 e. The smallest absolute Gasteiger partial charge is 0.323 e. The van der Waals surface area contributed by atoms with Crippen molar-refractivity contribution in [3.63, 3.8) is 0 Å². The number of rotatable bonds is 18. The van der Waals surface area contributed by atoms with Crippen molar-refractivity contribution >= 4 is 52.9 Å². The number of primary amides is 1. The summed E-state index contributed by atoms with van der Waals surface area (Å²) in [6.07, 6.45) is 2.14. The summed E-state index contributed by atoms with van der Waals surface area (Å²) in [5, 5.41) is 23.0. The summed E-state index contributed by atoms with van der Waals surface area (Å²) >= 11 is 0. The third kappa shape index (κ3) is 12.0. The van der Waals surface area contributed by atoms with Crippen LogP contribution < -0.4 is 32.3 Å². The first-order valence-electron chi connectivity index (χ1n) is 18.1. The number of urea groups is 1. The number of para-hydroxylation sites is 1. The van der Waals surface area contributed by atoms with E-state index in [0.717, 1.165) is 5.56 Å². The Kier molecular flexibility index (Phi) is 15.8. The Morgan fingerprint density at radius 3 is 2.11 bits per heavy atom. The molecule has 0 bridgehead atoms. The van der Waals surface area contributed by atoms with E-state index < -0.39 is 78.0 Å². The highest BCUT2D eigenvalue weighted by Gasteiger charge is 2.39. The van der Waals surface area contributed by atoms with Crippen molar-refractivity contribution in [1.82, 2.24) is 20.9 Å². The number of unbranched alkanes of at least 4 members (excludes halogenated alkanes) is 1. The number of nitrogens with two attached hydrogens (primary N) is 1. The van der Waals surface area contributed by atoms with Gasteiger partial charge in [-0.15, -0.1) is 0 Å². The second kappa shape index (κ2) is 20.0. The highest BCUT2D eigenvalue weighted by atomic mass is 16.4. The molecule has 0 saturated carbocycles. The van der Waals surface area contributed by atoms with Crippen LogP contribution in [0, 0.1) is 12.8 Å². The molecule has 53 heavy (non-hydrogen) atoms. The number of aryl methyl sites for hydroxylation is 1. The molecule has 288 valence electrons. The zero-order chi connectivity index (χ0) is 39.2. The molecule has 0 radical (unpaired) electrons. The first-order chi connectivity index (χ1) is 25.2. The van der Waals surface area contributed by atoms with Crippen molar-refractivity contribution in [3.05, 3.63) is 59.7 Å². The van der Waals surface area contributed by atoms with Crippen molar-refractivity contribution < 1.29 is 38.7 Å². The highest BCUT2D eigenvalue weighted by Crippen LogP contribution is 2.22. The topological polar surface area (TPSA) is 229 Å². The lowest BCUT2D eigenvalue weighted by Gasteiger charge is -2.32. The Morgan fingerprint density at radius 2 is 1.51 bits per heavy atom. The molecule has 3 rings (SSSR count). The zero-order valence-electron chi connectivity index (χ0n) is 31.1. The normalized spacial score (nSPS) is 16.6. The number of nitrogens with zero attached hydrogens (tertiary/aromatic N) is 1. The molecule has 15 heteroatoms. The first kappa shape index (κ1) is 41.9. The van der Waals surface area contributed by atoms with E-state index in [-0.39, 0.29) is 18.9 Å². The Balaban J connectivity index is 1.70. The van der Waals surface area contributed by atoms with Crippen molar-refractivity contribution in [2.75, 3.05) is 17.2 Å². The molecule has 1 saturated heterocycles. The number of amides is 7. The summed E-state index contributed by atoms with van der Waals surface area (Å²) in [5.74, 6) is -5.73. The van der Waals surface area contributed by atoms with Gasteiger partial charge in [0.2, 0.25) is 29.5 Å². The number of hydrogen-bond donors (Lipinski definition) is 7. The number of nitrogens with one attached hydrogen (secondary N) is 5. The minimum atomic E-state index is -1.56. The second-order valence-corrected chi connectivity index (χ2v) is 13.6. The fraction of sp³-hybridized carbons (Fsp3) is 0.500. The van der Waals surface area contributed by atoms with Gasteiger partial charge >= 0.3 is 12.0 Å². The van der Waals surface area contributed by atoms with Gasteiger partial charge in [-0.3, -0.25) is 28.8 Å². The van der Waals surface area contributed by atoms with Gasteiger partial charge in [0.05, 0.1) is 12.3 Å². The molecule has 1 aliphatic heterocycles. The van der Waals surface area contributed by atoms with Crippen LogP contribution >= 0.6 is 0 Å². The number of likely N-dealkylation sites (tertiary alicyclic amines) is 1. The number of carboxylic acid groups (broad SMARTS) is 1. The van der Waals surface area contributed by atoms with Crippen LogP contribution in [0.2, 0.25) is 0 Å². The van der Waals surface area contributed by atoms with Gasteiger partial charge in [-0.05, 0) is 68.4 Å². The number of aliphatic carboxylic acids is 1. The third-order valence-corrected chi connectivity index (χ3v) is 9.59. The molecule has 1 fully saturated rings. The van der Waals surface area contributed by atoms with Gasteiger partial charge < -0.3 is 42.3 Å². The molecule has 0 spiro atoms. The molecular formula is C38H53N7O8. The summed E-state index contributed by atoms with van der Waals surface area (Å²) in [5.41, 5.74) is 8.21. The van der Waals surface area contributed by atoms with Gasteiger partial charge in [-0.1, -0.05) is 70.4 Å². The van der Waals surface area contributed by atoms with Gasteiger partial charge in [0.1, 0.15) is 24.2 Å². The molecule has 2 unspecified atom stereocenters. The predicted molar refractivity (Wildman–Crippen MR) is 200 cm³/mol. The molecule has 2 aromatic carbocycles. The Morgan fingerprint density at radius 1 is 0.868 bits per heavy atom. The molecule has 15 nitrogen and oxygen atoms in total. The number of benzene rings is 2. The van der Waals surface area contributed by atoms with E-state index in [1.54, 1.807) is 44.2 Å². The van der Waals surface area contributed by atoms with E-state index in [0.29, 0.717) is 49.0 Å². The van der Waals surface area contributed by atoms with Gasteiger partial charge in [0, 0.05) is 17.9 Å². The summed E-state index contributed by atoms with van der Waals surface area (Å²) in [4.78, 5) is 91.8. The molecular weight excluding hydrogens is 682 g/mol. The maximum atomic E-state index is 13.6. The zero-order valence-corrected chi connectivity index (χ0v) is 31.1. The summed E-state index contributed by atoms with van der Waals surface area (Å²) in [6, 6.07) is 9.05. The van der Waals surface area contributed by atoms with Crippen LogP contribution in [-0.2, 0) is 28.8 Å². The van der Waals surface area contributed by atoms with Gasteiger partial charge in [0.15, 0.2) is 0 Å². The van der Waals surface area contributed by atoms with Crippen molar-refractivity contribution in [2.45, 2.75) is 110 Å². The molecule has 0 aromatic heterocycles. The lowest BCUT2D eigenvalue weighted by molar-refractivity contribution is -0.144. The van der Waals surface area contributed by atoms with E-state index in [1.807, 2.05) is 39.0 Å². The number of carboxylic acids is 1. The maximum absolute atomic E-state index is 13.6. The average Bonchev–Trinajstić information content (AvgIpc) is 3.63. The van der Waals surface area contributed by atoms with E-state index in [2.05, 4.69) is 26.6 Å². The van der Waals surface area contributed by atoms with Crippen LogP contribution in [0.3, 0.4) is 0 Å². The van der Waals surface area contributed by atoms with Crippen molar-refractivity contribution in [1.29, 1.82) is 0 Å². The molecule has 8 N–H and O–H groups in total. The van der Waals surface area contributed by atoms with Gasteiger partial charge in [-0.2, -0.15) is 0 Å². The van der Waals surface area contributed by atoms with Crippen LogP contribution in [0.15, 0.2) is 48.5 Å². The van der Waals surface area contributed by atoms with Crippen LogP contribution in [0.4, 0.5) is 16.2 Å².